The number of para-hydroxylation sites is 1. The van der Waals surface area contributed by atoms with Crippen LogP contribution >= 0.6 is 0 Å². The normalized spacial score (nSPS) is 22.1. The van der Waals surface area contributed by atoms with Crippen LogP contribution in [-0.2, 0) is 0 Å². The standard InChI is InChI=1S/C23H27N5/c24-17-13-18(14-17)26-23-15-22(27-21-4-2-1-3-20(21)23)16-5-7-19(8-6-16)28-11-9-25-10-12-28/h1-8,15,17-18,25H,9-14,24H2,(H,26,27)/t17-,18+. The van der Waals surface area contributed by atoms with Crippen LogP contribution in [0.25, 0.3) is 22.2 Å². The van der Waals surface area contributed by atoms with Gasteiger partial charge in [-0.15, -0.1) is 0 Å². The lowest BCUT2D eigenvalue weighted by Crippen LogP contribution is -2.44. The molecule has 0 atom stereocenters. The zero-order valence-electron chi connectivity index (χ0n) is 16.1. The van der Waals surface area contributed by atoms with Crippen LogP contribution < -0.4 is 21.3 Å². The molecule has 4 N–H and O–H groups in total. The zero-order valence-corrected chi connectivity index (χ0v) is 16.1. The van der Waals surface area contributed by atoms with Gasteiger partial charge in [0.15, 0.2) is 0 Å². The highest BCUT2D eigenvalue weighted by Crippen LogP contribution is 2.32. The molecule has 1 saturated heterocycles. The number of pyridine rings is 1. The summed E-state index contributed by atoms with van der Waals surface area (Å²) in [5.74, 6) is 0. The van der Waals surface area contributed by atoms with Crippen molar-refractivity contribution < 1.29 is 0 Å². The third kappa shape index (κ3) is 3.43. The molecule has 5 rings (SSSR count). The Morgan fingerprint density at radius 2 is 1.75 bits per heavy atom. The number of rotatable bonds is 4. The summed E-state index contributed by atoms with van der Waals surface area (Å²) in [7, 11) is 0. The Kier molecular flexibility index (Phi) is 4.63. The third-order valence-electron chi connectivity index (χ3n) is 5.90. The van der Waals surface area contributed by atoms with E-state index in [4.69, 9.17) is 10.7 Å². The molecule has 2 aliphatic rings. The Morgan fingerprint density at radius 3 is 2.50 bits per heavy atom. The molecule has 0 radical (unpaired) electrons. The second-order valence-electron chi connectivity index (χ2n) is 7.93. The first-order valence-electron chi connectivity index (χ1n) is 10.2. The number of nitrogens with one attached hydrogen (secondary N) is 2. The predicted octanol–water partition coefficient (Wildman–Crippen LogP) is 3.21. The zero-order chi connectivity index (χ0) is 18.9. The molecule has 2 fully saturated rings. The summed E-state index contributed by atoms with van der Waals surface area (Å²) in [5, 5.41) is 8.27. The summed E-state index contributed by atoms with van der Waals surface area (Å²) >= 11 is 0. The van der Waals surface area contributed by atoms with Gasteiger partial charge in [-0.3, -0.25) is 0 Å². The van der Waals surface area contributed by atoms with Crippen LogP contribution in [0.1, 0.15) is 12.8 Å². The first-order valence-corrected chi connectivity index (χ1v) is 10.2. The molecule has 28 heavy (non-hydrogen) atoms. The number of hydrogen-bond donors (Lipinski definition) is 3. The van der Waals surface area contributed by atoms with E-state index in [0.29, 0.717) is 12.1 Å². The van der Waals surface area contributed by atoms with E-state index in [-0.39, 0.29) is 0 Å². The van der Waals surface area contributed by atoms with Crippen LogP contribution in [0.2, 0.25) is 0 Å². The fraction of sp³-hybridized carbons (Fsp3) is 0.348. The number of nitrogens with zero attached hydrogens (tertiary/aromatic N) is 2. The van der Waals surface area contributed by atoms with E-state index in [1.165, 1.54) is 11.1 Å². The third-order valence-corrected chi connectivity index (χ3v) is 5.90. The summed E-state index contributed by atoms with van der Waals surface area (Å²) in [5.41, 5.74) is 11.6. The molecule has 2 heterocycles. The van der Waals surface area contributed by atoms with Crippen molar-refractivity contribution in [2.75, 3.05) is 36.4 Å². The molecule has 0 amide bonds. The molecular formula is C23H27N5. The first kappa shape index (κ1) is 17.5. The van der Waals surface area contributed by atoms with E-state index in [9.17, 15) is 0 Å². The maximum Gasteiger partial charge on any atom is 0.0730 e. The lowest BCUT2D eigenvalue weighted by molar-refractivity contribution is 0.374. The van der Waals surface area contributed by atoms with Gasteiger partial charge >= 0.3 is 0 Å². The number of aromatic nitrogens is 1. The van der Waals surface area contributed by atoms with Crippen LogP contribution in [0.3, 0.4) is 0 Å². The van der Waals surface area contributed by atoms with Gasteiger partial charge in [-0.25, -0.2) is 4.98 Å². The van der Waals surface area contributed by atoms with Gasteiger partial charge in [0, 0.05) is 60.6 Å². The van der Waals surface area contributed by atoms with Gasteiger partial charge in [0.25, 0.3) is 0 Å². The number of anilines is 2. The van der Waals surface area contributed by atoms with Crippen LogP contribution in [0, 0.1) is 0 Å². The van der Waals surface area contributed by atoms with E-state index in [2.05, 4.69) is 70.1 Å². The maximum absolute atomic E-state index is 5.97. The van der Waals surface area contributed by atoms with Crippen molar-refractivity contribution in [2.45, 2.75) is 24.9 Å². The molecule has 0 unspecified atom stereocenters. The average molecular weight is 374 g/mol. The molecule has 3 aromatic rings. The van der Waals surface area contributed by atoms with Crippen LogP contribution in [0.4, 0.5) is 11.4 Å². The van der Waals surface area contributed by atoms with Gasteiger partial charge in [0.1, 0.15) is 0 Å². The molecule has 1 aliphatic carbocycles. The van der Waals surface area contributed by atoms with E-state index in [0.717, 1.165) is 61.5 Å². The summed E-state index contributed by atoms with van der Waals surface area (Å²) in [6.07, 6.45) is 2.07. The summed E-state index contributed by atoms with van der Waals surface area (Å²) < 4.78 is 0. The highest BCUT2D eigenvalue weighted by Gasteiger charge is 2.26. The molecule has 0 spiro atoms. The Morgan fingerprint density at radius 1 is 1.00 bits per heavy atom. The molecule has 144 valence electrons. The molecule has 1 aromatic heterocycles. The van der Waals surface area contributed by atoms with Crippen LogP contribution in [-0.4, -0.2) is 43.2 Å². The largest absolute Gasteiger partial charge is 0.382 e. The second kappa shape index (κ2) is 7.41. The SMILES string of the molecule is N[C@H]1C[C@@H](Nc2cc(-c3ccc(N4CCNCC4)cc3)nc3ccccc23)C1. The minimum Gasteiger partial charge on any atom is -0.382 e. The fourth-order valence-corrected chi connectivity index (χ4v) is 4.21. The Balaban J connectivity index is 1.46. The van der Waals surface area contributed by atoms with Crippen molar-refractivity contribution in [3.63, 3.8) is 0 Å². The smallest absolute Gasteiger partial charge is 0.0730 e. The molecular weight excluding hydrogens is 346 g/mol. The predicted molar refractivity (Wildman–Crippen MR) is 117 cm³/mol. The lowest BCUT2D eigenvalue weighted by atomic mass is 9.87. The van der Waals surface area contributed by atoms with E-state index < -0.39 is 0 Å². The van der Waals surface area contributed by atoms with Crippen molar-refractivity contribution in [3.05, 3.63) is 54.6 Å². The number of nitrogens with two attached hydrogens (primary N) is 1. The Labute approximate surface area is 165 Å². The van der Waals surface area contributed by atoms with Crippen molar-refractivity contribution >= 4 is 22.3 Å². The lowest BCUT2D eigenvalue weighted by Gasteiger charge is -2.34. The first-order chi connectivity index (χ1) is 13.8. The maximum atomic E-state index is 5.97. The number of piperazine rings is 1. The minimum absolute atomic E-state index is 0.336. The monoisotopic (exact) mass is 373 g/mol. The molecule has 5 nitrogen and oxygen atoms in total. The highest BCUT2D eigenvalue weighted by atomic mass is 15.2. The topological polar surface area (TPSA) is 66.2 Å². The molecule has 0 bridgehead atoms. The summed E-state index contributed by atoms with van der Waals surface area (Å²) in [6.45, 7) is 4.22. The number of fused-ring (bicyclic) bond motifs is 1. The van der Waals surface area contributed by atoms with Gasteiger partial charge in [-0.2, -0.15) is 0 Å². The molecule has 5 heteroatoms. The average Bonchev–Trinajstić information content (AvgIpc) is 2.73. The number of hydrogen-bond acceptors (Lipinski definition) is 5. The van der Waals surface area contributed by atoms with E-state index in [1.54, 1.807) is 0 Å². The van der Waals surface area contributed by atoms with Gasteiger partial charge in [-0.1, -0.05) is 30.3 Å². The summed E-state index contributed by atoms with van der Waals surface area (Å²) in [6, 6.07) is 20.2. The van der Waals surface area contributed by atoms with E-state index >= 15 is 0 Å². The van der Waals surface area contributed by atoms with Gasteiger partial charge in [0.2, 0.25) is 0 Å². The minimum atomic E-state index is 0.336. The van der Waals surface area contributed by atoms with Crippen molar-refractivity contribution in [2.24, 2.45) is 5.73 Å². The van der Waals surface area contributed by atoms with Crippen LogP contribution in [0.5, 0.6) is 0 Å². The second-order valence-corrected chi connectivity index (χ2v) is 7.93. The van der Waals surface area contributed by atoms with E-state index in [1.807, 2.05) is 0 Å². The van der Waals surface area contributed by atoms with Gasteiger partial charge in [0.05, 0.1) is 11.2 Å². The van der Waals surface area contributed by atoms with Gasteiger partial charge < -0.3 is 21.3 Å². The molecule has 2 aromatic carbocycles. The van der Waals surface area contributed by atoms with Crippen molar-refractivity contribution in [1.82, 2.24) is 10.3 Å². The van der Waals surface area contributed by atoms with Gasteiger partial charge in [-0.05, 0) is 37.1 Å². The summed E-state index contributed by atoms with van der Waals surface area (Å²) in [4.78, 5) is 7.36. The molecule has 1 saturated carbocycles. The quantitative estimate of drug-likeness (QED) is 0.655. The van der Waals surface area contributed by atoms with Crippen LogP contribution in [0.15, 0.2) is 54.6 Å². The molecule has 1 aliphatic heterocycles. The number of benzene rings is 2. The van der Waals surface area contributed by atoms with Crippen molar-refractivity contribution in [3.8, 4) is 11.3 Å². The Bertz CT molecular complexity index is 956. The Hall–Kier alpha value is -2.63. The fourth-order valence-electron chi connectivity index (χ4n) is 4.21. The van der Waals surface area contributed by atoms with Crippen molar-refractivity contribution in [1.29, 1.82) is 0 Å². The highest BCUT2D eigenvalue weighted by molar-refractivity contribution is 5.94.